The van der Waals surface area contributed by atoms with Crippen LogP contribution in [0.2, 0.25) is 0 Å². The molecule has 88 valence electrons. The maximum atomic E-state index is 2.38. The van der Waals surface area contributed by atoms with Crippen molar-refractivity contribution in [2.45, 2.75) is 52.9 Å². The Morgan fingerprint density at radius 2 is 1.62 bits per heavy atom. The summed E-state index contributed by atoms with van der Waals surface area (Å²) in [5.41, 5.74) is 4.43. The molecule has 0 amide bonds. The van der Waals surface area contributed by atoms with Gasteiger partial charge in [0.1, 0.15) is 0 Å². The molecule has 0 heterocycles. The summed E-state index contributed by atoms with van der Waals surface area (Å²) in [5, 5.41) is 0. The zero-order valence-electron chi connectivity index (χ0n) is 11.1. The van der Waals surface area contributed by atoms with Crippen LogP contribution in [0.4, 0.5) is 0 Å². The molecule has 1 aromatic rings. The van der Waals surface area contributed by atoms with E-state index in [2.05, 4.69) is 44.2 Å². The van der Waals surface area contributed by atoms with Gasteiger partial charge >= 0.3 is 0 Å². The maximum Gasteiger partial charge on any atom is -0.0122 e. The molecule has 0 unspecified atom stereocenters. The molecule has 0 radical (unpaired) electrons. The lowest BCUT2D eigenvalue weighted by atomic mass is 9.84. The predicted molar refractivity (Wildman–Crippen MR) is 72.9 cm³/mol. The number of benzene rings is 1. The smallest absolute Gasteiger partial charge is 0.0122 e. The fourth-order valence-corrected chi connectivity index (χ4v) is 2.23. The Bertz CT molecular complexity index is 330. The van der Waals surface area contributed by atoms with Crippen LogP contribution in [-0.4, -0.2) is 0 Å². The summed E-state index contributed by atoms with van der Waals surface area (Å²) in [7, 11) is 0. The van der Waals surface area contributed by atoms with Crippen molar-refractivity contribution in [3.8, 4) is 0 Å². The molecule has 1 aliphatic rings. The van der Waals surface area contributed by atoms with Gasteiger partial charge in [-0.15, -0.1) is 0 Å². The SMILES string of the molecule is CC.CC1=CCC[C@@H](c2ccc(C)cc2)C1. The third-order valence-electron chi connectivity index (χ3n) is 3.13. The van der Waals surface area contributed by atoms with Gasteiger partial charge in [-0.05, 0) is 44.6 Å². The molecule has 0 saturated carbocycles. The van der Waals surface area contributed by atoms with Crippen molar-refractivity contribution in [2.24, 2.45) is 0 Å². The van der Waals surface area contributed by atoms with Crippen LogP contribution in [0.25, 0.3) is 0 Å². The second-order valence-corrected chi connectivity index (χ2v) is 4.44. The molecule has 0 aliphatic heterocycles. The van der Waals surface area contributed by atoms with E-state index in [1.54, 1.807) is 5.57 Å². The monoisotopic (exact) mass is 216 g/mol. The Labute approximate surface area is 100 Å². The van der Waals surface area contributed by atoms with Crippen LogP contribution < -0.4 is 0 Å². The Balaban J connectivity index is 0.000000606. The molecular formula is C16H24. The first kappa shape index (κ1) is 13.0. The first-order chi connectivity index (χ1) is 7.75. The highest BCUT2D eigenvalue weighted by atomic mass is 14.2. The van der Waals surface area contributed by atoms with Crippen molar-refractivity contribution < 1.29 is 0 Å². The fourth-order valence-electron chi connectivity index (χ4n) is 2.23. The first-order valence-corrected chi connectivity index (χ1v) is 6.48. The third-order valence-corrected chi connectivity index (χ3v) is 3.13. The van der Waals surface area contributed by atoms with Gasteiger partial charge in [-0.3, -0.25) is 0 Å². The molecule has 0 heteroatoms. The van der Waals surface area contributed by atoms with E-state index in [9.17, 15) is 0 Å². The lowest BCUT2D eigenvalue weighted by Gasteiger charge is -2.21. The van der Waals surface area contributed by atoms with Crippen molar-refractivity contribution in [1.29, 1.82) is 0 Å². The van der Waals surface area contributed by atoms with Crippen molar-refractivity contribution in [2.75, 3.05) is 0 Å². The number of aryl methyl sites for hydroxylation is 1. The van der Waals surface area contributed by atoms with Crippen molar-refractivity contribution in [1.82, 2.24) is 0 Å². The summed E-state index contributed by atoms with van der Waals surface area (Å²) in [5.74, 6) is 0.764. The number of rotatable bonds is 1. The Hall–Kier alpha value is -1.04. The molecule has 0 nitrogen and oxygen atoms in total. The summed E-state index contributed by atoms with van der Waals surface area (Å²) < 4.78 is 0. The van der Waals surface area contributed by atoms with Gasteiger partial charge in [0.2, 0.25) is 0 Å². The molecule has 0 aromatic heterocycles. The summed E-state index contributed by atoms with van der Waals surface area (Å²) in [6, 6.07) is 9.03. The normalized spacial score (nSPS) is 19.5. The van der Waals surface area contributed by atoms with Crippen LogP contribution in [0.1, 0.15) is 57.1 Å². The summed E-state index contributed by atoms with van der Waals surface area (Å²) >= 11 is 0. The van der Waals surface area contributed by atoms with E-state index in [4.69, 9.17) is 0 Å². The minimum absolute atomic E-state index is 0.764. The molecule has 0 bridgehead atoms. The van der Waals surface area contributed by atoms with Gasteiger partial charge in [0.05, 0.1) is 0 Å². The van der Waals surface area contributed by atoms with Gasteiger partial charge in [0.15, 0.2) is 0 Å². The molecule has 16 heavy (non-hydrogen) atoms. The van der Waals surface area contributed by atoms with Gasteiger partial charge in [0.25, 0.3) is 0 Å². The average Bonchev–Trinajstić information content (AvgIpc) is 2.32. The Morgan fingerprint density at radius 1 is 1.00 bits per heavy atom. The Morgan fingerprint density at radius 3 is 2.19 bits per heavy atom. The van der Waals surface area contributed by atoms with Gasteiger partial charge < -0.3 is 0 Å². The standard InChI is InChI=1S/C14H18.C2H6/c1-11-6-8-13(9-7-11)14-5-3-4-12(2)10-14;1-2/h4,6-9,14H,3,5,10H2,1-2H3;1-2H3/t14-;/m1./s1. The first-order valence-electron chi connectivity index (χ1n) is 6.48. The van der Waals surface area contributed by atoms with Crippen molar-refractivity contribution in [3.05, 3.63) is 47.0 Å². The van der Waals surface area contributed by atoms with Crippen LogP contribution in [0.15, 0.2) is 35.9 Å². The van der Waals surface area contributed by atoms with Crippen molar-refractivity contribution >= 4 is 0 Å². The van der Waals surface area contributed by atoms with Crippen LogP contribution in [-0.2, 0) is 0 Å². The average molecular weight is 216 g/mol. The quantitative estimate of drug-likeness (QED) is 0.563. The highest BCUT2D eigenvalue weighted by Crippen LogP contribution is 2.32. The minimum Gasteiger partial charge on any atom is -0.0856 e. The van der Waals surface area contributed by atoms with Crippen LogP contribution >= 0.6 is 0 Å². The number of hydrogen-bond donors (Lipinski definition) is 0. The maximum absolute atomic E-state index is 2.38. The second-order valence-electron chi connectivity index (χ2n) is 4.44. The van der Waals surface area contributed by atoms with E-state index >= 15 is 0 Å². The Kier molecular flexibility index (Phi) is 5.31. The molecule has 0 N–H and O–H groups in total. The zero-order valence-corrected chi connectivity index (χ0v) is 11.1. The summed E-state index contributed by atoms with van der Waals surface area (Å²) in [4.78, 5) is 0. The number of hydrogen-bond acceptors (Lipinski definition) is 0. The molecule has 1 atom stereocenters. The van der Waals surface area contributed by atoms with Crippen LogP contribution in [0.3, 0.4) is 0 Å². The third kappa shape index (κ3) is 3.52. The van der Waals surface area contributed by atoms with E-state index in [0.717, 1.165) is 5.92 Å². The predicted octanol–water partition coefficient (Wildman–Crippen LogP) is 5.24. The lowest BCUT2D eigenvalue weighted by Crippen LogP contribution is -2.03. The molecular weight excluding hydrogens is 192 g/mol. The highest BCUT2D eigenvalue weighted by Gasteiger charge is 2.14. The second kappa shape index (κ2) is 6.52. The van der Waals surface area contributed by atoms with E-state index in [-0.39, 0.29) is 0 Å². The van der Waals surface area contributed by atoms with E-state index < -0.39 is 0 Å². The van der Waals surface area contributed by atoms with Crippen LogP contribution in [0.5, 0.6) is 0 Å². The van der Waals surface area contributed by atoms with Gasteiger partial charge in [-0.25, -0.2) is 0 Å². The van der Waals surface area contributed by atoms with Gasteiger partial charge in [-0.2, -0.15) is 0 Å². The van der Waals surface area contributed by atoms with Gasteiger partial charge in [0, 0.05) is 0 Å². The zero-order chi connectivity index (χ0) is 12.0. The molecule has 0 spiro atoms. The number of allylic oxidation sites excluding steroid dienone is 2. The van der Waals surface area contributed by atoms with E-state index in [0.29, 0.717) is 0 Å². The van der Waals surface area contributed by atoms with Crippen molar-refractivity contribution in [3.63, 3.8) is 0 Å². The topological polar surface area (TPSA) is 0 Å². The van der Waals surface area contributed by atoms with E-state index in [1.165, 1.54) is 30.4 Å². The largest absolute Gasteiger partial charge is 0.0856 e. The fraction of sp³-hybridized carbons (Fsp3) is 0.500. The molecule has 0 fully saturated rings. The van der Waals surface area contributed by atoms with Gasteiger partial charge in [-0.1, -0.05) is 55.3 Å². The highest BCUT2D eigenvalue weighted by molar-refractivity contribution is 5.26. The molecule has 1 aromatic carbocycles. The van der Waals surface area contributed by atoms with E-state index in [1.807, 2.05) is 13.8 Å². The summed E-state index contributed by atoms with van der Waals surface area (Å²) in [6.07, 6.45) is 6.21. The molecule has 0 saturated heterocycles. The molecule has 2 rings (SSSR count). The summed E-state index contributed by atoms with van der Waals surface area (Å²) in [6.45, 7) is 8.40. The van der Waals surface area contributed by atoms with Crippen LogP contribution in [0, 0.1) is 6.92 Å². The molecule has 1 aliphatic carbocycles. The lowest BCUT2D eigenvalue weighted by molar-refractivity contribution is 0.596. The minimum atomic E-state index is 0.764.